The fraction of sp³-hybridized carbons (Fsp3) is 0.0556. The molecule has 1 saturated heterocycles. The van der Waals surface area contributed by atoms with E-state index in [0.29, 0.717) is 10.2 Å². The molecule has 0 unspecified atom stereocenters. The number of carbonyl (C=O) groups excluding carboxylic acids is 2. The lowest BCUT2D eigenvalue weighted by Gasteiger charge is -2.29. The zero-order chi connectivity index (χ0) is 19.7. The Balaban J connectivity index is 2.09. The van der Waals surface area contributed by atoms with Crippen molar-refractivity contribution in [2.24, 2.45) is 0 Å². The van der Waals surface area contributed by atoms with Gasteiger partial charge in [0.25, 0.3) is 11.8 Å². The molecule has 2 aromatic carbocycles. The highest BCUT2D eigenvalue weighted by atomic mass is 79.9. The fourth-order valence-corrected chi connectivity index (χ4v) is 3.65. The lowest BCUT2D eigenvalue weighted by atomic mass is 10.1. The number of hydrogen-bond acceptors (Lipinski definition) is 5. The molecular weight excluding hydrogens is 500 g/mol. The summed E-state index contributed by atoms with van der Waals surface area (Å²) in [5, 5.41) is 12.8. The summed E-state index contributed by atoms with van der Waals surface area (Å²) < 4.78 is 6.47. The second-order valence-corrected chi connectivity index (χ2v) is 7.70. The SMILES string of the molecule is COc1cc(Br)cc(/C=C2\C(=O)NC(=S)N(c3cccc(Br)c3)C2=O)c1O. The lowest BCUT2D eigenvalue weighted by molar-refractivity contribution is -0.122. The van der Waals surface area contributed by atoms with Gasteiger partial charge >= 0.3 is 0 Å². The number of benzene rings is 2. The maximum atomic E-state index is 13.0. The van der Waals surface area contributed by atoms with E-state index in [-0.39, 0.29) is 27.7 Å². The number of carbonyl (C=O) groups is 2. The third kappa shape index (κ3) is 3.90. The number of aromatic hydroxyl groups is 1. The van der Waals surface area contributed by atoms with Crippen molar-refractivity contribution in [3.8, 4) is 11.5 Å². The molecule has 3 rings (SSSR count). The summed E-state index contributed by atoms with van der Waals surface area (Å²) in [6.07, 6.45) is 1.30. The summed E-state index contributed by atoms with van der Waals surface area (Å²) in [5.74, 6) is -1.22. The van der Waals surface area contributed by atoms with Gasteiger partial charge in [-0.3, -0.25) is 19.8 Å². The molecule has 1 aliphatic rings. The molecular formula is C18H12Br2N2O4S. The van der Waals surface area contributed by atoms with Crippen molar-refractivity contribution in [3.63, 3.8) is 0 Å². The van der Waals surface area contributed by atoms with Gasteiger partial charge < -0.3 is 9.84 Å². The number of thiocarbonyl (C=S) groups is 1. The molecule has 1 fully saturated rings. The van der Waals surface area contributed by atoms with Crippen LogP contribution in [0.1, 0.15) is 5.56 Å². The van der Waals surface area contributed by atoms with Crippen LogP contribution < -0.4 is 15.0 Å². The predicted molar refractivity (Wildman–Crippen MR) is 113 cm³/mol. The van der Waals surface area contributed by atoms with Gasteiger partial charge in [-0.15, -0.1) is 0 Å². The number of ether oxygens (including phenoxy) is 1. The zero-order valence-electron chi connectivity index (χ0n) is 13.8. The van der Waals surface area contributed by atoms with Crippen molar-refractivity contribution >= 4 is 72.8 Å². The van der Waals surface area contributed by atoms with Gasteiger partial charge in [0.05, 0.1) is 12.8 Å². The van der Waals surface area contributed by atoms with Gasteiger partial charge in [0.2, 0.25) is 0 Å². The summed E-state index contributed by atoms with van der Waals surface area (Å²) in [6.45, 7) is 0. The van der Waals surface area contributed by atoms with Crippen LogP contribution in [0.3, 0.4) is 0 Å². The molecule has 0 saturated carbocycles. The first-order valence-electron chi connectivity index (χ1n) is 7.55. The van der Waals surface area contributed by atoms with E-state index in [4.69, 9.17) is 17.0 Å². The molecule has 6 nitrogen and oxygen atoms in total. The monoisotopic (exact) mass is 510 g/mol. The highest BCUT2D eigenvalue weighted by Gasteiger charge is 2.34. The molecule has 0 radical (unpaired) electrons. The molecule has 0 aliphatic carbocycles. The van der Waals surface area contributed by atoms with Gasteiger partial charge in [0.15, 0.2) is 16.6 Å². The number of hydrogen-bond donors (Lipinski definition) is 2. The molecule has 27 heavy (non-hydrogen) atoms. The number of nitrogens with zero attached hydrogens (tertiary/aromatic N) is 1. The van der Waals surface area contributed by atoms with Gasteiger partial charge in [-0.2, -0.15) is 0 Å². The second-order valence-electron chi connectivity index (χ2n) is 5.48. The maximum absolute atomic E-state index is 13.0. The third-order valence-electron chi connectivity index (χ3n) is 3.76. The summed E-state index contributed by atoms with van der Waals surface area (Å²) in [7, 11) is 1.41. The van der Waals surface area contributed by atoms with Crippen molar-refractivity contribution in [1.82, 2.24) is 5.32 Å². The van der Waals surface area contributed by atoms with E-state index < -0.39 is 11.8 Å². The molecule has 2 amide bonds. The first-order chi connectivity index (χ1) is 12.8. The summed E-state index contributed by atoms with van der Waals surface area (Å²) in [6, 6.07) is 10.1. The van der Waals surface area contributed by atoms with Gasteiger partial charge in [-0.25, -0.2) is 0 Å². The highest BCUT2D eigenvalue weighted by Crippen LogP contribution is 2.35. The summed E-state index contributed by atoms with van der Waals surface area (Å²) in [4.78, 5) is 26.6. The van der Waals surface area contributed by atoms with Crippen LogP contribution in [0.15, 0.2) is 50.9 Å². The van der Waals surface area contributed by atoms with Crippen molar-refractivity contribution in [3.05, 3.63) is 56.5 Å². The number of methoxy groups -OCH3 is 1. The van der Waals surface area contributed by atoms with Crippen LogP contribution in [0, 0.1) is 0 Å². The Kier molecular flexibility index (Phi) is 5.64. The average Bonchev–Trinajstić information content (AvgIpc) is 2.61. The lowest BCUT2D eigenvalue weighted by Crippen LogP contribution is -2.54. The van der Waals surface area contributed by atoms with E-state index in [1.807, 2.05) is 6.07 Å². The molecule has 0 spiro atoms. The second kappa shape index (κ2) is 7.79. The number of halogens is 2. The van der Waals surface area contributed by atoms with Gasteiger partial charge in [-0.05, 0) is 48.6 Å². The van der Waals surface area contributed by atoms with E-state index >= 15 is 0 Å². The van der Waals surface area contributed by atoms with Crippen LogP contribution in [-0.4, -0.2) is 29.1 Å². The molecule has 2 N–H and O–H groups in total. The minimum absolute atomic E-state index is 0.0173. The Morgan fingerprint density at radius 2 is 1.93 bits per heavy atom. The molecule has 0 atom stereocenters. The number of nitrogens with one attached hydrogen (secondary N) is 1. The van der Waals surface area contributed by atoms with E-state index in [9.17, 15) is 14.7 Å². The maximum Gasteiger partial charge on any atom is 0.270 e. The van der Waals surface area contributed by atoms with Crippen LogP contribution in [-0.2, 0) is 9.59 Å². The highest BCUT2D eigenvalue weighted by molar-refractivity contribution is 9.10. The van der Waals surface area contributed by atoms with Crippen molar-refractivity contribution < 1.29 is 19.4 Å². The summed E-state index contributed by atoms with van der Waals surface area (Å²) in [5.41, 5.74) is 0.585. The quantitative estimate of drug-likeness (QED) is 0.372. The fourth-order valence-electron chi connectivity index (χ4n) is 2.52. The Morgan fingerprint density at radius 3 is 2.59 bits per heavy atom. The number of rotatable bonds is 3. The Labute approximate surface area is 177 Å². The first kappa shape index (κ1) is 19.5. The zero-order valence-corrected chi connectivity index (χ0v) is 17.8. The largest absolute Gasteiger partial charge is 0.504 e. The van der Waals surface area contributed by atoms with Gasteiger partial charge in [-0.1, -0.05) is 37.9 Å². The number of anilines is 1. The minimum Gasteiger partial charge on any atom is -0.504 e. The van der Waals surface area contributed by atoms with Crippen molar-refractivity contribution in [1.29, 1.82) is 0 Å². The Bertz CT molecular complexity index is 1010. The Morgan fingerprint density at radius 1 is 1.19 bits per heavy atom. The molecule has 0 bridgehead atoms. The topological polar surface area (TPSA) is 78.9 Å². The standard InChI is InChI=1S/C18H12Br2N2O4S/c1-26-14-8-11(20)5-9(15(14)23)6-13-16(24)21-18(27)22(17(13)25)12-4-2-3-10(19)7-12/h2-8,23H,1H3,(H,21,24,27)/b13-6+. The van der Waals surface area contributed by atoms with Crippen molar-refractivity contribution in [2.75, 3.05) is 12.0 Å². The van der Waals surface area contributed by atoms with E-state index in [0.717, 1.165) is 4.47 Å². The Hall–Kier alpha value is -2.23. The predicted octanol–water partition coefficient (Wildman–Crippen LogP) is 3.76. The van der Waals surface area contributed by atoms with Gasteiger partial charge in [0, 0.05) is 14.5 Å². The molecule has 138 valence electrons. The normalized spacial score (nSPS) is 15.9. The van der Waals surface area contributed by atoms with Crippen LogP contribution >= 0.6 is 44.1 Å². The number of amides is 2. The van der Waals surface area contributed by atoms with Crippen LogP contribution in [0.5, 0.6) is 11.5 Å². The molecule has 1 aliphatic heterocycles. The van der Waals surface area contributed by atoms with Gasteiger partial charge in [0.1, 0.15) is 5.57 Å². The van der Waals surface area contributed by atoms with E-state index in [1.54, 1.807) is 30.3 Å². The number of phenols is 1. The van der Waals surface area contributed by atoms with Crippen LogP contribution in [0.4, 0.5) is 5.69 Å². The van der Waals surface area contributed by atoms with E-state index in [2.05, 4.69) is 37.2 Å². The van der Waals surface area contributed by atoms with Crippen LogP contribution in [0.25, 0.3) is 6.08 Å². The van der Waals surface area contributed by atoms with Crippen molar-refractivity contribution in [2.45, 2.75) is 0 Å². The number of phenolic OH excluding ortho intramolecular Hbond substituents is 1. The summed E-state index contributed by atoms with van der Waals surface area (Å²) >= 11 is 11.8. The third-order valence-corrected chi connectivity index (χ3v) is 4.99. The minimum atomic E-state index is -0.644. The average molecular weight is 512 g/mol. The molecule has 0 aromatic heterocycles. The molecule has 1 heterocycles. The van der Waals surface area contributed by atoms with E-state index in [1.165, 1.54) is 18.1 Å². The van der Waals surface area contributed by atoms with Crippen LogP contribution in [0.2, 0.25) is 0 Å². The molecule has 2 aromatic rings. The molecule has 9 heteroatoms. The smallest absolute Gasteiger partial charge is 0.270 e. The first-order valence-corrected chi connectivity index (χ1v) is 9.54.